The van der Waals surface area contributed by atoms with Gasteiger partial charge < -0.3 is 14.8 Å². The monoisotopic (exact) mass is 326 g/mol. The van der Waals surface area contributed by atoms with Crippen molar-refractivity contribution in [2.75, 3.05) is 19.0 Å². The molecule has 1 fully saturated rings. The second kappa shape index (κ2) is 6.40. The number of aromatic nitrogens is 5. The molecule has 1 aliphatic heterocycles. The number of nitrogens with zero attached hydrogens (tertiary/aromatic N) is 4. The summed E-state index contributed by atoms with van der Waals surface area (Å²) in [5.74, 6) is 2.89. The summed E-state index contributed by atoms with van der Waals surface area (Å²) in [6.45, 7) is 1.25. The van der Waals surface area contributed by atoms with Gasteiger partial charge >= 0.3 is 0 Å². The highest BCUT2D eigenvalue weighted by Crippen LogP contribution is 2.29. The topological polar surface area (TPSA) is 97.8 Å². The Bertz CT molecular complexity index is 838. The summed E-state index contributed by atoms with van der Waals surface area (Å²) in [5.41, 5.74) is 0.824. The van der Waals surface area contributed by atoms with Crippen molar-refractivity contribution in [1.82, 2.24) is 25.1 Å². The van der Waals surface area contributed by atoms with E-state index in [0.717, 1.165) is 47.7 Å². The van der Waals surface area contributed by atoms with Crippen LogP contribution in [-0.4, -0.2) is 38.9 Å². The number of H-pyrrole nitrogens is 1. The van der Waals surface area contributed by atoms with E-state index in [9.17, 15) is 0 Å². The number of fused-ring (bicyclic) bond motifs is 1. The molecule has 1 aromatic carbocycles. The van der Waals surface area contributed by atoms with E-state index in [1.54, 1.807) is 7.11 Å². The molecule has 124 valence electrons. The standard InChI is InChI=1S/C16H18N6O2/c1-23-11-5-2-4-10-14(11)16(19-9-18-10)17-8-13-20-15(22-21-13)12-6-3-7-24-12/h2,4-5,9,12H,3,6-8H2,1H3,(H,17,18,19)(H,20,21,22). The third-order valence-corrected chi connectivity index (χ3v) is 4.03. The molecule has 2 N–H and O–H groups in total. The van der Waals surface area contributed by atoms with E-state index in [1.807, 2.05) is 18.2 Å². The van der Waals surface area contributed by atoms with E-state index in [-0.39, 0.29) is 6.10 Å². The SMILES string of the molecule is COc1cccc2ncnc(NCc3nc(C4CCCO4)n[nH]3)c12. The minimum Gasteiger partial charge on any atom is -0.496 e. The van der Waals surface area contributed by atoms with Crippen molar-refractivity contribution in [2.24, 2.45) is 0 Å². The van der Waals surface area contributed by atoms with Crippen molar-refractivity contribution in [3.8, 4) is 5.75 Å². The van der Waals surface area contributed by atoms with Crippen LogP contribution in [0, 0.1) is 0 Å². The maximum atomic E-state index is 5.60. The number of aromatic amines is 1. The molecule has 0 radical (unpaired) electrons. The fourth-order valence-corrected chi connectivity index (χ4v) is 2.86. The van der Waals surface area contributed by atoms with Gasteiger partial charge in [0.05, 0.1) is 24.6 Å². The van der Waals surface area contributed by atoms with Crippen LogP contribution in [-0.2, 0) is 11.3 Å². The Morgan fingerprint density at radius 1 is 1.38 bits per heavy atom. The Kier molecular flexibility index (Phi) is 3.96. The number of hydrogen-bond acceptors (Lipinski definition) is 7. The van der Waals surface area contributed by atoms with Crippen molar-refractivity contribution in [1.29, 1.82) is 0 Å². The minimum atomic E-state index is 0.00924. The van der Waals surface area contributed by atoms with Crippen LogP contribution in [0.1, 0.15) is 30.6 Å². The molecule has 4 rings (SSSR count). The summed E-state index contributed by atoms with van der Waals surface area (Å²) in [4.78, 5) is 13.1. The van der Waals surface area contributed by atoms with Crippen LogP contribution < -0.4 is 10.1 Å². The molecule has 1 unspecified atom stereocenters. The van der Waals surface area contributed by atoms with Crippen molar-refractivity contribution in [2.45, 2.75) is 25.5 Å². The summed E-state index contributed by atoms with van der Waals surface area (Å²) in [6, 6.07) is 5.72. The molecular weight excluding hydrogens is 308 g/mol. The molecule has 1 aliphatic rings. The highest BCUT2D eigenvalue weighted by atomic mass is 16.5. The molecule has 0 aliphatic carbocycles. The van der Waals surface area contributed by atoms with E-state index in [0.29, 0.717) is 12.4 Å². The van der Waals surface area contributed by atoms with Gasteiger partial charge in [0, 0.05) is 6.61 Å². The fraction of sp³-hybridized carbons (Fsp3) is 0.375. The van der Waals surface area contributed by atoms with E-state index < -0.39 is 0 Å². The average molecular weight is 326 g/mol. The van der Waals surface area contributed by atoms with Gasteiger partial charge in [0.15, 0.2) is 5.82 Å². The predicted molar refractivity (Wildman–Crippen MR) is 87.7 cm³/mol. The summed E-state index contributed by atoms with van der Waals surface area (Å²) in [5, 5.41) is 11.3. The first kappa shape index (κ1) is 14.8. The number of rotatable bonds is 5. The summed E-state index contributed by atoms with van der Waals surface area (Å²) in [7, 11) is 1.63. The normalized spacial score (nSPS) is 17.3. The van der Waals surface area contributed by atoms with E-state index >= 15 is 0 Å². The lowest BCUT2D eigenvalue weighted by molar-refractivity contribution is 0.105. The zero-order valence-corrected chi connectivity index (χ0v) is 13.3. The molecule has 24 heavy (non-hydrogen) atoms. The molecule has 3 aromatic rings. The van der Waals surface area contributed by atoms with Crippen LogP contribution in [0.15, 0.2) is 24.5 Å². The zero-order valence-electron chi connectivity index (χ0n) is 13.3. The third kappa shape index (κ3) is 2.76. The molecule has 1 saturated heterocycles. The number of anilines is 1. The van der Waals surface area contributed by atoms with Crippen LogP contribution in [0.2, 0.25) is 0 Å². The molecule has 1 atom stereocenters. The van der Waals surface area contributed by atoms with Crippen LogP contribution in [0.3, 0.4) is 0 Å². The summed E-state index contributed by atoms with van der Waals surface area (Å²) in [6.07, 6.45) is 3.57. The minimum absolute atomic E-state index is 0.00924. The first-order valence-electron chi connectivity index (χ1n) is 7.89. The van der Waals surface area contributed by atoms with Crippen LogP contribution in [0.25, 0.3) is 10.9 Å². The van der Waals surface area contributed by atoms with Crippen molar-refractivity contribution in [3.63, 3.8) is 0 Å². The number of ether oxygens (including phenoxy) is 2. The quantitative estimate of drug-likeness (QED) is 0.742. The van der Waals surface area contributed by atoms with Crippen LogP contribution >= 0.6 is 0 Å². The van der Waals surface area contributed by atoms with E-state index in [2.05, 4.69) is 30.5 Å². The lowest BCUT2D eigenvalue weighted by Gasteiger charge is -2.10. The molecule has 3 heterocycles. The molecule has 2 aromatic heterocycles. The smallest absolute Gasteiger partial charge is 0.179 e. The Morgan fingerprint density at radius 2 is 2.33 bits per heavy atom. The Hall–Kier alpha value is -2.74. The first-order valence-corrected chi connectivity index (χ1v) is 7.89. The second-order valence-electron chi connectivity index (χ2n) is 5.57. The number of nitrogens with one attached hydrogen (secondary N) is 2. The van der Waals surface area contributed by atoms with Gasteiger partial charge in [0.1, 0.15) is 29.8 Å². The van der Waals surface area contributed by atoms with Crippen molar-refractivity contribution >= 4 is 16.7 Å². The molecule has 8 heteroatoms. The maximum absolute atomic E-state index is 5.60. The zero-order chi connectivity index (χ0) is 16.4. The molecule has 0 saturated carbocycles. The summed E-state index contributed by atoms with van der Waals surface area (Å²) >= 11 is 0. The number of methoxy groups -OCH3 is 1. The highest BCUT2D eigenvalue weighted by Gasteiger charge is 2.22. The first-order chi connectivity index (χ1) is 11.8. The van der Waals surface area contributed by atoms with Gasteiger partial charge in [-0.2, -0.15) is 5.10 Å². The third-order valence-electron chi connectivity index (χ3n) is 4.03. The largest absolute Gasteiger partial charge is 0.496 e. The van der Waals surface area contributed by atoms with Crippen molar-refractivity contribution in [3.05, 3.63) is 36.2 Å². The predicted octanol–water partition coefficient (Wildman–Crippen LogP) is 2.22. The molecule has 0 amide bonds. The lowest BCUT2D eigenvalue weighted by Crippen LogP contribution is -2.05. The second-order valence-corrected chi connectivity index (χ2v) is 5.57. The van der Waals surface area contributed by atoms with Crippen LogP contribution in [0.4, 0.5) is 5.82 Å². The van der Waals surface area contributed by atoms with Gasteiger partial charge in [0.2, 0.25) is 0 Å². The average Bonchev–Trinajstić information content (AvgIpc) is 3.30. The highest BCUT2D eigenvalue weighted by molar-refractivity contribution is 5.94. The Balaban J connectivity index is 1.55. The molecule has 8 nitrogen and oxygen atoms in total. The van der Waals surface area contributed by atoms with E-state index in [1.165, 1.54) is 6.33 Å². The molecular formula is C16H18N6O2. The van der Waals surface area contributed by atoms with Gasteiger partial charge in [-0.15, -0.1) is 0 Å². The summed E-state index contributed by atoms with van der Waals surface area (Å²) < 4.78 is 11.0. The van der Waals surface area contributed by atoms with Gasteiger partial charge in [-0.25, -0.2) is 15.0 Å². The molecule has 0 spiro atoms. The lowest BCUT2D eigenvalue weighted by atomic mass is 10.2. The molecule has 0 bridgehead atoms. The van der Waals surface area contributed by atoms with E-state index in [4.69, 9.17) is 9.47 Å². The maximum Gasteiger partial charge on any atom is 0.179 e. The van der Waals surface area contributed by atoms with Gasteiger partial charge in [-0.05, 0) is 25.0 Å². The van der Waals surface area contributed by atoms with Gasteiger partial charge in [-0.3, -0.25) is 5.10 Å². The van der Waals surface area contributed by atoms with Gasteiger partial charge in [-0.1, -0.05) is 6.07 Å². The van der Waals surface area contributed by atoms with Gasteiger partial charge in [0.25, 0.3) is 0 Å². The number of benzene rings is 1. The Labute approximate surface area is 138 Å². The number of hydrogen-bond donors (Lipinski definition) is 2. The van der Waals surface area contributed by atoms with Crippen LogP contribution in [0.5, 0.6) is 5.75 Å². The van der Waals surface area contributed by atoms with Crippen molar-refractivity contribution < 1.29 is 9.47 Å². The fourth-order valence-electron chi connectivity index (χ4n) is 2.86. The Morgan fingerprint density at radius 3 is 3.17 bits per heavy atom.